The van der Waals surface area contributed by atoms with Gasteiger partial charge in [-0.15, -0.1) is 0 Å². The van der Waals surface area contributed by atoms with E-state index in [1.165, 1.54) is 28.6 Å². The van der Waals surface area contributed by atoms with Crippen LogP contribution in [0.25, 0.3) is 0 Å². The monoisotopic (exact) mass is 435 g/mol. The molecule has 0 aliphatic carbocycles. The summed E-state index contributed by atoms with van der Waals surface area (Å²) in [7, 11) is -3.53. The number of sulfonamides is 1. The second kappa shape index (κ2) is 9.40. The predicted octanol–water partition coefficient (Wildman–Crippen LogP) is 2.52. The van der Waals surface area contributed by atoms with Crippen LogP contribution < -0.4 is 5.32 Å². The Morgan fingerprint density at radius 3 is 2.47 bits per heavy atom. The molecular formula is C20H25N3O6S. The van der Waals surface area contributed by atoms with E-state index < -0.39 is 28.5 Å². The van der Waals surface area contributed by atoms with Crippen molar-refractivity contribution in [3.8, 4) is 0 Å². The summed E-state index contributed by atoms with van der Waals surface area (Å²) in [5.74, 6) is -0.881. The number of aromatic nitrogens is 1. The van der Waals surface area contributed by atoms with Gasteiger partial charge in [0.15, 0.2) is 6.61 Å². The van der Waals surface area contributed by atoms with Gasteiger partial charge < -0.3 is 14.6 Å². The number of piperidine rings is 1. The van der Waals surface area contributed by atoms with E-state index in [1.807, 2.05) is 6.92 Å². The molecule has 30 heavy (non-hydrogen) atoms. The van der Waals surface area contributed by atoms with Gasteiger partial charge in [-0.2, -0.15) is 4.31 Å². The molecule has 1 fully saturated rings. The fourth-order valence-electron chi connectivity index (χ4n) is 3.29. The van der Waals surface area contributed by atoms with Gasteiger partial charge in [0.25, 0.3) is 5.91 Å². The van der Waals surface area contributed by atoms with Crippen molar-refractivity contribution >= 4 is 27.6 Å². The van der Waals surface area contributed by atoms with Crippen LogP contribution in [0.2, 0.25) is 0 Å². The Balaban J connectivity index is 1.57. The van der Waals surface area contributed by atoms with Crippen molar-refractivity contribution < 1.29 is 27.3 Å². The minimum Gasteiger partial charge on any atom is -0.452 e. The summed E-state index contributed by atoms with van der Waals surface area (Å²) in [4.78, 5) is 24.5. The first-order valence-electron chi connectivity index (χ1n) is 9.85. The van der Waals surface area contributed by atoms with Crippen molar-refractivity contribution in [3.05, 3.63) is 41.3 Å². The molecule has 1 aliphatic rings. The van der Waals surface area contributed by atoms with E-state index in [0.29, 0.717) is 36.7 Å². The maximum Gasteiger partial charge on any atom is 0.344 e. The number of rotatable bonds is 7. The van der Waals surface area contributed by atoms with Crippen molar-refractivity contribution in [2.75, 3.05) is 25.0 Å². The van der Waals surface area contributed by atoms with Crippen LogP contribution in [0.1, 0.15) is 48.0 Å². The summed E-state index contributed by atoms with van der Waals surface area (Å²) in [5, 5.41) is 6.36. The molecule has 2 aromatic rings. The molecule has 0 atom stereocenters. The number of benzene rings is 1. The van der Waals surface area contributed by atoms with Crippen LogP contribution in [0.3, 0.4) is 0 Å². The Morgan fingerprint density at radius 2 is 1.83 bits per heavy atom. The standard InChI is InChI=1S/C20H25N3O6S/c1-3-17-19(14(2)29-22-17)20(25)28-13-18(24)21-15-7-9-16(10-8-15)30(26,27)23-11-5-4-6-12-23/h7-10H,3-6,11-13H2,1-2H3,(H,21,24). The minimum absolute atomic E-state index is 0.184. The quantitative estimate of drug-likeness (QED) is 0.664. The molecule has 0 bridgehead atoms. The van der Waals surface area contributed by atoms with Crippen LogP contribution in [0.4, 0.5) is 5.69 Å². The normalized spacial score (nSPS) is 15.0. The third-order valence-electron chi connectivity index (χ3n) is 4.90. The minimum atomic E-state index is -3.53. The lowest BCUT2D eigenvalue weighted by molar-refractivity contribution is -0.119. The first-order valence-corrected chi connectivity index (χ1v) is 11.3. The highest BCUT2D eigenvalue weighted by molar-refractivity contribution is 7.89. The molecule has 1 amide bonds. The van der Waals surface area contributed by atoms with Crippen LogP contribution in [0.15, 0.2) is 33.7 Å². The molecule has 10 heteroatoms. The summed E-state index contributed by atoms with van der Waals surface area (Å²) >= 11 is 0. The first-order chi connectivity index (χ1) is 14.3. The van der Waals surface area contributed by atoms with Crippen molar-refractivity contribution in [1.29, 1.82) is 0 Å². The molecular weight excluding hydrogens is 410 g/mol. The number of ether oxygens (including phenoxy) is 1. The fourth-order valence-corrected chi connectivity index (χ4v) is 4.80. The molecule has 3 rings (SSSR count). The van der Waals surface area contributed by atoms with Crippen LogP contribution in [-0.4, -0.2) is 49.5 Å². The zero-order chi connectivity index (χ0) is 21.7. The van der Waals surface area contributed by atoms with Crippen molar-refractivity contribution in [1.82, 2.24) is 9.46 Å². The zero-order valence-corrected chi connectivity index (χ0v) is 17.8. The Kier molecular flexibility index (Phi) is 6.88. The summed E-state index contributed by atoms with van der Waals surface area (Å²) in [5.41, 5.74) is 1.12. The summed E-state index contributed by atoms with van der Waals surface area (Å²) in [6.45, 7) is 3.99. The Labute approximate surface area is 175 Å². The lowest BCUT2D eigenvalue weighted by Gasteiger charge is -2.25. The van der Waals surface area contributed by atoms with E-state index in [9.17, 15) is 18.0 Å². The summed E-state index contributed by atoms with van der Waals surface area (Å²) in [6, 6.07) is 5.94. The Morgan fingerprint density at radius 1 is 1.17 bits per heavy atom. The molecule has 0 saturated carbocycles. The average Bonchev–Trinajstić information content (AvgIpc) is 3.13. The Bertz CT molecular complexity index is 1010. The van der Waals surface area contributed by atoms with Gasteiger partial charge in [-0.25, -0.2) is 13.2 Å². The molecule has 1 aromatic heterocycles. The van der Waals surface area contributed by atoms with Crippen LogP contribution in [0, 0.1) is 6.92 Å². The van der Waals surface area contributed by atoms with Gasteiger partial charge in [-0.3, -0.25) is 4.79 Å². The van der Waals surface area contributed by atoms with E-state index in [0.717, 1.165) is 19.3 Å². The highest BCUT2D eigenvalue weighted by Crippen LogP contribution is 2.22. The number of esters is 1. The Hall–Kier alpha value is -2.72. The van der Waals surface area contributed by atoms with Gasteiger partial charge in [0.05, 0.1) is 10.6 Å². The molecule has 1 N–H and O–H groups in total. The average molecular weight is 436 g/mol. The van der Waals surface area contributed by atoms with Crippen LogP contribution in [-0.2, 0) is 26.0 Å². The fraction of sp³-hybridized carbons (Fsp3) is 0.450. The van der Waals surface area contributed by atoms with Gasteiger partial charge in [0.2, 0.25) is 10.0 Å². The highest BCUT2D eigenvalue weighted by atomic mass is 32.2. The number of hydrogen-bond donors (Lipinski definition) is 1. The van der Waals surface area contributed by atoms with E-state index in [4.69, 9.17) is 9.26 Å². The molecule has 9 nitrogen and oxygen atoms in total. The van der Waals surface area contributed by atoms with E-state index >= 15 is 0 Å². The third-order valence-corrected chi connectivity index (χ3v) is 6.81. The smallest absolute Gasteiger partial charge is 0.344 e. The van der Waals surface area contributed by atoms with Gasteiger partial charge >= 0.3 is 5.97 Å². The first kappa shape index (κ1) is 22.0. The molecule has 0 radical (unpaired) electrons. The molecule has 0 spiro atoms. The van der Waals surface area contributed by atoms with Gasteiger partial charge in [0.1, 0.15) is 11.3 Å². The molecule has 1 aromatic carbocycles. The second-order valence-electron chi connectivity index (χ2n) is 7.03. The molecule has 0 unspecified atom stereocenters. The molecule has 2 heterocycles. The SMILES string of the molecule is CCc1noc(C)c1C(=O)OCC(=O)Nc1ccc(S(=O)(=O)N2CCCCC2)cc1. The van der Waals surface area contributed by atoms with Gasteiger partial charge in [-0.1, -0.05) is 18.5 Å². The third kappa shape index (κ3) is 4.88. The van der Waals surface area contributed by atoms with Crippen molar-refractivity contribution in [2.24, 2.45) is 0 Å². The zero-order valence-electron chi connectivity index (χ0n) is 17.0. The number of nitrogens with zero attached hydrogens (tertiary/aromatic N) is 2. The van der Waals surface area contributed by atoms with Crippen LogP contribution in [0.5, 0.6) is 0 Å². The lowest BCUT2D eigenvalue weighted by atomic mass is 10.1. The molecule has 162 valence electrons. The van der Waals surface area contributed by atoms with Crippen molar-refractivity contribution in [3.63, 3.8) is 0 Å². The van der Waals surface area contributed by atoms with Crippen molar-refractivity contribution in [2.45, 2.75) is 44.4 Å². The van der Waals surface area contributed by atoms with Crippen LogP contribution >= 0.6 is 0 Å². The summed E-state index contributed by atoms with van der Waals surface area (Å²) in [6.07, 6.45) is 3.26. The number of aryl methyl sites for hydroxylation is 2. The number of hydrogen-bond acceptors (Lipinski definition) is 7. The number of nitrogens with one attached hydrogen (secondary N) is 1. The number of amides is 1. The van der Waals surface area contributed by atoms with Gasteiger partial charge in [0, 0.05) is 18.8 Å². The molecule has 1 aliphatic heterocycles. The largest absolute Gasteiger partial charge is 0.452 e. The van der Waals surface area contributed by atoms with Gasteiger partial charge in [-0.05, 0) is 50.5 Å². The van der Waals surface area contributed by atoms with E-state index in [2.05, 4.69) is 10.5 Å². The number of carbonyl (C=O) groups is 2. The number of carbonyl (C=O) groups excluding carboxylic acids is 2. The lowest BCUT2D eigenvalue weighted by Crippen LogP contribution is -2.35. The van der Waals surface area contributed by atoms with E-state index in [-0.39, 0.29) is 10.5 Å². The van der Waals surface area contributed by atoms with E-state index in [1.54, 1.807) is 6.92 Å². The summed E-state index contributed by atoms with van der Waals surface area (Å²) < 4.78 is 36.8. The molecule has 1 saturated heterocycles. The predicted molar refractivity (Wildman–Crippen MR) is 109 cm³/mol. The maximum atomic E-state index is 12.7. The second-order valence-corrected chi connectivity index (χ2v) is 8.97. The highest BCUT2D eigenvalue weighted by Gasteiger charge is 2.26. The maximum absolute atomic E-state index is 12.7. The number of anilines is 1. The topological polar surface area (TPSA) is 119 Å².